The Balaban J connectivity index is 2.53. The first kappa shape index (κ1) is 12.8. The van der Waals surface area contributed by atoms with Gasteiger partial charge in [-0.1, -0.05) is 13.0 Å². The predicted octanol–water partition coefficient (Wildman–Crippen LogP) is 2.46. The third-order valence-corrected chi connectivity index (χ3v) is 2.91. The molecule has 0 bridgehead atoms. The highest BCUT2D eigenvalue weighted by atomic mass is 19.1. The number of aryl methyl sites for hydroxylation is 1. The number of rotatable bonds is 4. The van der Waals surface area contributed by atoms with E-state index in [2.05, 4.69) is 4.98 Å². The number of nitrogens with two attached hydrogens (primary N) is 1. The maximum absolute atomic E-state index is 13.9. The molecule has 1 heterocycles. The molecule has 18 heavy (non-hydrogen) atoms. The standard InChI is InChI=1S/C14H18FN3/c1-3-14-17-7-8-18(14)13-6-4-5-12(15)11(13)9-10(2)16/h4-8,10H,3,9,16H2,1-2H3. The van der Waals surface area contributed by atoms with Crippen LogP contribution < -0.4 is 5.73 Å². The van der Waals surface area contributed by atoms with Gasteiger partial charge in [0.25, 0.3) is 0 Å². The van der Waals surface area contributed by atoms with Gasteiger partial charge < -0.3 is 10.3 Å². The molecular weight excluding hydrogens is 229 g/mol. The lowest BCUT2D eigenvalue weighted by Gasteiger charge is -2.15. The third-order valence-electron chi connectivity index (χ3n) is 2.91. The lowest BCUT2D eigenvalue weighted by atomic mass is 10.0. The number of benzene rings is 1. The van der Waals surface area contributed by atoms with Gasteiger partial charge in [-0.25, -0.2) is 9.37 Å². The van der Waals surface area contributed by atoms with Crippen LogP contribution in [-0.2, 0) is 12.8 Å². The van der Waals surface area contributed by atoms with Crippen LogP contribution >= 0.6 is 0 Å². The van der Waals surface area contributed by atoms with Crippen molar-refractivity contribution in [3.8, 4) is 5.69 Å². The molecule has 0 fully saturated rings. The molecule has 0 radical (unpaired) electrons. The Morgan fingerprint density at radius 1 is 1.44 bits per heavy atom. The molecule has 0 aliphatic rings. The van der Waals surface area contributed by atoms with Crippen molar-refractivity contribution >= 4 is 0 Å². The van der Waals surface area contributed by atoms with Crippen LogP contribution in [0.2, 0.25) is 0 Å². The van der Waals surface area contributed by atoms with E-state index in [-0.39, 0.29) is 11.9 Å². The summed E-state index contributed by atoms with van der Waals surface area (Å²) in [5.74, 6) is 0.715. The Labute approximate surface area is 106 Å². The fourth-order valence-corrected chi connectivity index (χ4v) is 2.11. The average Bonchev–Trinajstić information content (AvgIpc) is 2.79. The number of imidazole rings is 1. The van der Waals surface area contributed by atoms with E-state index in [1.807, 2.05) is 30.7 Å². The maximum Gasteiger partial charge on any atom is 0.128 e. The summed E-state index contributed by atoms with van der Waals surface area (Å²) >= 11 is 0. The van der Waals surface area contributed by atoms with Crippen molar-refractivity contribution < 1.29 is 4.39 Å². The molecule has 0 amide bonds. The topological polar surface area (TPSA) is 43.8 Å². The number of hydrogen-bond donors (Lipinski definition) is 1. The van der Waals surface area contributed by atoms with Gasteiger partial charge in [0.15, 0.2) is 0 Å². The summed E-state index contributed by atoms with van der Waals surface area (Å²) in [5.41, 5.74) is 7.28. The van der Waals surface area contributed by atoms with Gasteiger partial charge >= 0.3 is 0 Å². The first-order valence-electron chi connectivity index (χ1n) is 6.19. The van der Waals surface area contributed by atoms with Gasteiger partial charge in [0, 0.05) is 30.4 Å². The smallest absolute Gasteiger partial charge is 0.128 e. The van der Waals surface area contributed by atoms with Crippen LogP contribution in [0.5, 0.6) is 0 Å². The van der Waals surface area contributed by atoms with Gasteiger partial charge in [0.1, 0.15) is 11.6 Å². The van der Waals surface area contributed by atoms with E-state index in [4.69, 9.17) is 5.73 Å². The first-order chi connectivity index (χ1) is 8.63. The highest BCUT2D eigenvalue weighted by Gasteiger charge is 2.13. The van der Waals surface area contributed by atoms with Crippen molar-refractivity contribution in [2.45, 2.75) is 32.7 Å². The molecule has 4 heteroatoms. The second kappa shape index (κ2) is 5.31. The Morgan fingerprint density at radius 2 is 2.22 bits per heavy atom. The molecule has 2 aromatic rings. The largest absolute Gasteiger partial charge is 0.328 e. The fourth-order valence-electron chi connectivity index (χ4n) is 2.11. The van der Waals surface area contributed by atoms with Crippen LogP contribution in [0.25, 0.3) is 5.69 Å². The Bertz CT molecular complexity index is 532. The second-order valence-electron chi connectivity index (χ2n) is 4.49. The van der Waals surface area contributed by atoms with Gasteiger partial charge in [-0.3, -0.25) is 0 Å². The molecule has 0 saturated carbocycles. The number of aromatic nitrogens is 2. The van der Waals surface area contributed by atoms with Crippen LogP contribution in [0.15, 0.2) is 30.6 Å². The first-order valence-corrected chi connectivity index (χ1v) is 6.19. The van der Waals surface area contributed by atoms with Gasteiger partial charge in [-0.2, -0.15) is 0 Å². The summed E-state index contributed by atoms with van der Waals surface area (Å²) in [5, 5.41) is 0. The molecule has 1 unspecified atom stereocenters. The Hall–Kier alpha value is -1.68. The Kier molecular flexibility index (Phi) is 3.77. The zero-order valence-corrected chi connectivity index (χ0v) is 10.7. The van der Waals surface area contributed by atoms with Gasteiger partial charge in [-0.15, -0.1) is 0 Å². The van der Waals surface area contributed by atoms with Crippen molar-refractivity contribution in [3.63, 3.8) is 0 Å². The lowest BCUT2D eigenvalue weighted by Crippen LogP contribution is -2.20. The van der Waals surface area contributed by atoms with Crippen LogP contribution in [0.3, 0.4) is 0 Å². The summed E-state index contributed by atoms with van der Waals surface area (Å²) in [7, 11) is 0. The minimum absolute atomic E-state index is 0.0748. The van der Waals surface area contributed by atoms with Gasteiger partial charge in [0.2, 0.25) is 0 Å². The summed E-state index contributed by atoms with van der Waals surface area (Å²) < 4.78 is 15.9. The van der Waals surface area contributed by atoms with E-state index in [9.17, 15) is 4.39 Å². The number of nitrogens with zero attached hydrogens (tertiary/aromatic N) is 2. The molecule has 96 valence electrons. The maximum atomic E-state index is 13.9. The van der Waals surface area contributed by atoms with Gasteiger partial charge in [0.05, 0.1) is 5.69 Å². The van der Waals surface area contributed by atoms with E-state index in [1.54, 1.807) is 12.3 Å². The summed E-state index contributed by atoms with van der Waals surface area (Å²) in [4.78, 5) is 4.27. The molecule has 0 saturated heterocycles. The quantitative estimate of drug-likeness (QED) is 0.902. The Morgan fingerprint density at radius 3 is 2.89 bits per heavy atom. The lowest BCUT2D eigenvalue weighted by molar-refractivity contribution is 0.593. The van der Waals surface area contributed by atoms with Crippen molar-refractivity contribution in [2.75, 3.05) is 0 Å². The summed E-state index contributed by atoms with van der Waals surface area (Å²) in [6, 6.07) is 5.02. The highest BCUT2D eigenvalue weighted by molar-refractivity contribution is 5.43. The summed E-state index contributed by atoms with van der Waals surface area (Å²) in [6.45, 7) is 3.91. The monoisotopic (exact) mass is 247 g/mol. The van der Waals surface area contributed by atoms with E-state index >= 15 is 0 Å². The molecule has 2 rings (SSSR count). The zero-order valence-electron chi connectivity index (χ0n) is 10.7. The summed E-state index contributed by atoms with van der Waals surface area (Å²) in [6.07, 6.45) is 4.92. The van der Waals surface area contributed by atoms with E-state index in [0.717, 1.165) is 17.9 Å². The SMILES string of the molecule is CCc1nccn1-c1cccc(F)c1CC(C)N. The number of hydrogen-bond acceptors (Lipinski definition) is 2. The van der Waals surface area contributed by atoms with E-state index in [0.29, 0.717) is 12.0 Å². The molecule has 0 aliphatic heterocycles. The molecule has 0 aliphatic carbocycles. The van der Waals surface area contributed by atoms with Crippen molar-refractivity contribution in [1.29, 1.82) is 0 Å². The molecular formula is C14H18FN3. The van der Waals surface area contributed by atoms with Crippen LogP contribution in [0.4, 0.5) is 4.39 Å². The van der Waals surface area contributed by atoms with Crippen LogP contribution in [-0.4, -0.2) is 15.6 Å². The average molecular weight is 247 g/mol. The van der Waals surface area contributed by atoms with E-state index in [1.165, 1.54) is 6.07 Å². The van der Waals surface area contributed by atoms with Crippen molar-refractivity contribution in [1.82, 2.24) is 9.55 Å². The predicted molar refractivity (Wildman–Crippen MR) is 70.3 cm³/mol. The minimum atomic E-state index is -0.208. The highest BCUT2D eigenvalue weighted by Crippen LogP contribution is 2.21. The van der Waals surface area contributed by atoms with Crippen molar-refractivity contribution in [3.05, 3.63) is 47.8 Å². The second-order valence-corrected chi connectivity index (χ2v) is 4.49. The van der Waals surface area contributed by atoms with Gasteiger partial charge in [-0.05, 0) is 25.5 Å². The van der Waals surface area contributed by atoms with Crippen molar-refractivity contribution in [2.24, 2.45) is 5.73 Å². The molecule has 1 atom stereocenters. The molecule has 0 spiro atoms. The van der Waals surface area contributed by atoms with E-state index < -0.39 is 0 Å². The fraction of sp³-hybridized carbons (Fsp3) is 0.357. The number of halogens is 1. The zero-order chi connectivity index (χ0) is 13.1. The van der Waals surface area contributed by atoms with Crippen LogP contribution in [0, 0.1) is 5.82 Å². The molecule has 2 N–H and O–H groups in total. The normalized spacial score (nSPS) is 12.7. The molecule has 1 aromatic heterocycles. The molecule has 1 aromatic carbocycles. The molecule has 3 nitrogen and oxygen atoms in total. The minimum Gasteiger partial charge on any atom is -0.328 e. The third kappa shape index (κ3) is 2.43. The van der Waals surface area contributed by atoms with Crippen LogP contribution in [0.1, 0.15) is 25.2 Å².